The predicted molar refractivity (Wildman–Crippen MR) is 60.1 cm³/mol. The predicted octanol–water partition coefficient (Wildman–Crippen LogP) is 1.81. The van der Waals surface area contributed by atoms with E-state index in [0.717, 1.165) is 13.2 Å². The van der Waals surface area contributed by atoms with Crippen LogP contribution in [0.15, 0.2) is 30.3 Å². The van der Waals surface area contributed by atoms with Crippen LogP contribution >= 0.6 is 12.4 Å². The van der Waals surface area contributed by atoms with Gasteiger partial charge in [0.15, 0.2) is 0 Å². The molecule has 2 rings (SSSR count). The smallest absolute Gasteiger partial charge is 0.0626 e. The SMILES string of the molecule is CN[C@H]1COC[C@H]1c1ccccc1.Cl. The van der Waals surface area contributed by atoms with Crippen molar-refractivity contribution < 1.29 is 4.74 Å². The maximum absolute atomic E-state index is 5.45. The molecule has 1 aliphatic rings. The largest absolute Gasteiger partial charge is 0.379 e. The van der Waals surface area contributed by atoms with Crippen molar-refractivity contribution in [3.63, 3.8) is 0 Å². The summed E-state index contributed by atoms with van der Waals surface area (Å²) in [5.41, 5.74) is 1.37. The lowest BCUT2D eigenvalue weighted by atomic mass is 9.95. The number of hydrogen-bond acceptors (Lipinski definition) is 2. The molecule has 78 valence electrons. The summed E-state index contributed by atoms with van der Waals surface area (Å²) < 4.78 is 5.45. The van der Waals surface area contributed by atoms with E-state index in [1.807, 2.05) is 13.1 Å². The second-order valence-corrected chi connectivity index (χ2v) is 3.45. The van der Waals surface area contributed by atoms with Crippen molar-refractivity contribution in [2.45, 2.75) is 12.0 Å². The highest BCUT2D eigenvalue weighted by Crippen LogP contribution is 2.24. The van der Waals surface area contributed by atoms with Gasteiger partial charge in [0, 0.05) is 12.0 Å². The summed E-state index contributed by atoms with van der Waals surface area (Å²) in [4.78, 5) is 0. The Labute approximate surface area is 91.1 Å². The molecule has 1 fully saturated rings. The molecule has 1 aliphatic heterocycles. The van der Waals surface area contributed by atoms with E-state index in [1.54, 1.807) is 0 Å². The average molecular weight is 214 g/mol. The van der Waals surface area contributed by atoms with Gasteiger partial charge in [-0.25, -0.2) is 0 Å². The van der Waals surface area contributed by atoms with Gasteiger partial charge >= 0.3 is 0 Å². The molecule has 1 heterocycles. The van der Waals surface area contributed by atoms with Gasteiger partial charge in [0.1, 0.15) is 0 Å². The first-order valence-electron chi connectivity index (χ1n) is 4.72. The molecular weight excluding hydrogens is 198 g/mol. The summed E-state index contributed by atoms with van der Waals surface area (Å²) in [6, 6.07) is 11.0. The molecular formula is C11H16ClNO. The standard InChI is InChI=1S/C11H15NO.ClH/c1-12-11-8-13-7-10(11)9-5-3-2-4-6-9;/h2-6,10-12H,7-8H2,1H3;1H/t10-,11-;/m0./s1. The van der Waals surface area contributed by atoms with Crippen LogP contribution in [0.3, 0.4) is 0 Å². The zero-order valence-electron chi connectivity index (χ0n) is 8.27. The molecule has 0 unspecified atom stereocenters. The Morgan fingerprint density at radius 2 is 1.93 bits per heavy atom. The van der Waals surface area contributed by atoms with Gasteiger partial charge in [-0.2, -0.15) is 0 Å². The summed E-state index contributed by atoms with van der Waals surface area (Å²) in [5, 5.41) is 3.29. The van der Waals surface area contributed by atoms with Crippen LogP contribution in [0.2, 0.25) is 0 Å². The molecule has 1 aromatic rings. The Morgan fingerprint density at radius 1 is 1.21 bits per heavy atom. The summed E-state index contributed by atoms with van der Waals surface area (Å²) >= 11 is 0. The number of benzene rings is 1. The fourth-order valence-electron chi connectivity index (χ4n) is 1.87. The molecule has 0 spiro atoms. The van der Waals surface area contributed by atoms with Gasteiger partial charge in [-0.05, 0) is 12.6 Å². The maximum atomic E-state index is 5.45. The average Bonchev–Trinajstić information content (AvgIpc) is 2.67. The molecule has 1 saturated heterocycles. The molecule has 0 saturated carbocycles. The van der Waals surface area contributed by atoms with Crippen LogP contribution in [0.1, 0.15) is 11.5 Å². The Hall–Kier alpha value is -0.570. The van der Waals surface area contributed by atoms with Crippen LogP contribution in [-0.4, -0.2) is 26.3 Å². The third-order valence-electron chi connectivity index (χ3n) is 2.68. The molecule has 3 heteroatoms. The zero-order valence-corrected chi connectivity index (χ0v) is 9.09. The minimum absolute atomic E-state index is 0. The molecule has 2 nitrogen and oxygen atoms in total. The van der Waals surface area contributed by atoms with Crippen molar-refractivity contribution in [2.24, 2.45) is 0 Å². The number of rotatable bonds is 2. The number of nitrogens with one attached hydrogen (secondary N) is 1. The molecule has 0 radical (unpaired) electrons. The van der Waals surface area contributed by atoms with Crippen molar-refractivity contribution in [3.05, 3.63) is 35.9 Å². The van der Waals surface area contributed by atoms with Crippen LogP contribution in [-0.2, 0) is 4.74 Å². The maximum Gasteiger partial charge on any atom is 0.0626 e. The fraction of sp³-hybridized carbons (Fsp3) is 0.455. The highest BCUT2D eigenvalue weighted by molar-refractivity contribution is 5.85. The van der Waals surface area contributed by atoms with Crippen LogP contribution in [0.4, 0.5) is 0 Å². The number of ether oxygens (including phenoxy) is 1. The normalized spacial score (nSPS) is 25.8. The lowest BCUT2D eigenvalue weighted by Crippen LogP contribution is -2.30. The van der Waals surface area contributed by atoms with Gasteiger partial charge in [-0.15, -0.1) is 12.4 Å². The molecule has 2 atom stereocenters. The van der Waals surface area contributed by atoms with E-state index < -0.39 is 0 Å². The highest BCUT2D eigenvalue weighted by Gasteiger charge is 2.27. The van der Waals surface area contributed by atoms with E-state index in [9.17, 15) is 0 Å². The van der Waals surface area contributed by atoms with Crippen molar-refractivity contribution in [3.8, 4) is 0 Å². The quantitative estimate of drug-likeness (QED) is 0.809. The minimum Gasteiger partial charge on any atom is -0.379 e. The highest BCUT2D eigenvalue weighted by atomic mass is 35.5. The van der Waals surface area contributed by atoms with Crippen LogP contribution in [0, 0.1) is 0 Å². The molecule has 0 amide bonds. The number of halogens is 1. The third-order valence-corrected chi connectivity index (χ3v) is 2.68. The van der Waals surface area contributed by atoms with Crippen LogP contribution < -0.4 is 5.32 Å². The molecule has 14 heavy (non-hydrogen) atoms. The Kier molecular flexibility index (Phi) is 4.39. The third kappa shape index (κ3) is 2.27. The van der Waals surface area contributed by atoms with Gasteiger partial charge in [0.05, 0.1) is 13.2 Å². The Balaban J connectivity index is 0.000000980. The first-order chi connectivity index (χ1) is 6.42. The van der Waals surface area contributed by atoms with E-state index in [4.69, 9.17) is 4.74 Å². The molecule has 0 aliphatic carbocycles. The van der Waals surface area contributed by atoms with Crippen LogP contribution in [0.5, 0.6) is 0 Å². The van der Waals surface area contributed by atoms with Crippen LogP contribution in [0.25, 0.3) is 0 Å². The lowest BCUT2D eigenvalue weighted by molar-refractivity contribution is 0.188. The fourth-order valence-corrected chi connectivity index (χ4v) is 1.87. The van der Waals surface area contributed by atoms with Crippen molar-refractivity contribution in [1.29, 1.82) is 0 Å². The van der Waals surface area contributed by atoms with Gasteiger partial charge in [-0.1, -0.05) is 30.3 Å². The van der Waals surface area contributed by atoms with Gasteiger partial charge in [0.25, 0.3) is 0 Å². The van der Waals surface area contributed by atoms with E-state index in [-0.39, 0.29) is 12.4 Å². The van der Waals surface area contributed by atoms with Crippen molar-refractivity contribution >= 4 is 12.4 Å². The summed E-state index contributed by atoms with van der Waals surface area (Å²) in [6.45, 7) is 1.67. The molecule has 0 aromatic heterocycles. The monoisotopic (exact) mass is 213 g/mol. The molecule has 0 bridgehead atoms. The van der Waals surface area contributed by atoms with E-state index in [2.05, 4.69) is 29.6 Å². The summed E-state index contributed by atoms with van der Waals surface area (Å²) in [5.74, 6) is 0.520. The number of hydrogen-bond donors (Lipinski definition) is 1. The number of likely N-dealkylation sites (N-methyl/N-ethyl adjacent to an activating group) is 1. The second-order valence-electron chi connectivity index (χ2n) is 3.45. The molecule has 1 N–H and O–H groups in total. The lowest BCUT2D eigenvalue weighted by Gasteiger charge is -2.16. The first kappa shape index (κ1) is 11.5. The molecule has 1 aromatic carbocycles. The first-order valence-corrected chi connectivity index (χ1v) is 4.72. The van der Waals surface area contributed by atoms with Gasteiger partial charge in [0.2, 0.25) is 0 Å². The minimum atomic E-state index is 0. The van der Waals surface area contributed by atoms with Gasteiger partial charge in [-0.3, -0.25) is 0 Å². The van der Waals surface area contributed by atoms with Crippen molar-refractivity contribution in [2.75, 3.05) is 20.3 Å². The zero-order chi connectivity index (χ0) is 9.10. The Morgan fingerprint density at radius 3 is 2.57 bits per heavy atom. The Bertz CT molecular complexity index is 265. The summed E-state index contributed by atoms with van der Waals surface area (Å²) in [6.07, 6.45) is 0. The van der Waals surface area contributed by atoms with Gasteiger partial charge < -0.3 is 10.1 Å². The van der Waals surface area contributed by atoms with E-state index in [1.165, 1.54) is 5.56 Å². The second kappa shape index (κ2) is 5.35. The summed E-state index contributed by atoms with van der Waals surface area (Å²) in [7, 11) is 2.00. The van der Waals surface area contributed by atoms with Crippen molar-refractivity contribution in [1.82, 2.24) is 5.32 Å². The van der Waals surface area contributed by atoms with E-state index in [0.29, 0.717) is 12.0 Å². The van der Waals surface area contributed by atoms with E-state index >= 15 is 0 Å². The topological polar surface area (TPSA) is 21.3 Å².